The summed E-state index contributed by atoms with van der Waals surface area (Å²) in [5.74, 6) is 1.43. The van der Waals surface area contributed by atoms with E-state index in [2.05, 4.69) is 24.1 Å². The zero-order chi connectivity index (χ0) is 14.0. The Bertz CT molecular complexity index is 453. The van der Waals surface area contributed by atoms with Gasteiger partial charge in [-0.15, -0.1) is 0 Å². The Labute approximate surface area is 119 Å². The van der Waals surface area contributed by atoms with E-state index in [1.54, 1.807) is 14.2 Å². The fourth-order valence-electron chi connectivity index (χ4n) is 2.43. The lowest BCUT2D eigenvalue weighted by molar-refractivity contribution is 0.385. The largest absolute Gasteiger partial charge is 0.495 e. The molecule has 2 rings (SSSR count). The van der Waals surface area contributed by atoms with Crippen LogP contribution in [0.4, 0.5) is 5.69 Å². The molecule has 1 aromatic rings. The lowest BCUT2D eigenvalue weighted by atomic mass is 10.1. The number of benzene rings is 1. The van der Waals surface area contributed by atoms with Crippen LogP contribution in [0.1, 0.15) is 13.8 Å². The Morgan fingerprint density at radius 1 is 1.21 bits per heavy atom. The van der Waals surface area contributed by atoms with E-state index in [1.807, 2.05) is 12.1 Å². The maximum Gasteiger partial charge on any atom is 0.145 e. The molecule has 106 valence electrons. The minimum Gasteiger partial charge on any atom is -0.495 e. The lowest BCUT2D eigenvalue weighted by Gasteiger charge is -2.39. The van der Waals surface area contributed by atoms with E-state index in [1.165, 1.54) is 0 Å². The van der Waals surface area contributed by atoms with Crippen LogP contribution in [0.15, 0.2) is 12.1 Å². The second-order valence-corrected chi connectivity index (χ2v) is 5.38. The zero-order valence-corrected chi connectivity index (χ0v) is 12.6. The van der Waals surface area contributed by atoms with E-state index in [4.69, 9.17) is 21.1 Å². The van der Waals surface area contributed by atoms with Gasteiger partial charge in [-0.05, 0) is 19.9 Å². The number of rotatable bonds is 3. The molecule has 0 saturated carbocycles. The van der Waals surface area contributed by atoms with Gasteiger partial charge in [0.25, 0.3) is 0 Å². The van der Waals surface area contributed by atoms with Gasteiger partial charge in [0.2, 0.25) is 0 Å². The summed E-state index contributed by atoms with van der Waals surface area (Å²) in [7, 11) is 3.28. The van der Waals surface area contributed by atoms with Gasteiger partial charge in [0.15, 0.2) is 0 Å². The molecule has 0 bridgehead atoms. The third-order valence-corrected chi connectivity index (χ3v) is 3.82. The van der Waals surface area contributed by atoms with Gasteiger partial charge in [-0.1, -0.05) is 11.6 Å². The average Bonchev–Trinajstić information content (AvgIpc) is 2.41. The topological polar surface area (TPSA) is 33.7 Å². The van der Waals surface area contributed by atoms with E-state index in [9.17, 15) is 0 Å². The first-order valence-electron chi connectivity index (χ1n) is 6.48. The summed E-state index contributed by atoms with van der Waals surface area (Å²) < 4.78 is 10.7. The van der Waals surface area contributed by atoms with Crippen molar-refractivity contribution in [3.8, 4) is 11.5 Å². The van der Waals surface area contributed by atoms with E-state index < -0.39 is 0 Å². The molecule has 0 radical (unpaired) electrons. The monoisotopic (exact) mass is 284 g/mol. The van der Waals surface area contributed by atoms with Gasteiger partial charge in [0.1, 0.15) is 11.5 Å². The molecule has 19 heavy (non-hydrogen) atoms. The molecule has 5 heteroatoms. The lowest BCUT2D eigenvalue weighted by Crippen LogP contribution is -2.54. The minimum atomic E-state index is 0.398. The molecule has 0 spiro atoms. The Balaban J connectivity index is 2.39. The van der Waals surface area contributed by atoms with Crippen molar-refractivity contribution in [2.24, 2.45) is 0 Å². The summed E-state index contributed by atoms with van der Waals surface area (Å²) >= 11 is 6.24. The molecule has 2 unspecified atom stereocenters. The highest BCUT2D eigenvalue weighted by molar-refractivity contribution is 6.32. The van der Waals surface area contributed by atoms with E-state index in [0.717, 1.165) is 24.5 Å². The van der Waals surface area contributed by atoms with Gasteiger partial charge < -0.3 is 19.7 Å². The highest BCUT2D eigenvalue weighted by atomic mass is 35.5. The van der Waals surface area contributed by atoms with Gasteiger partial charge >= 0.3 is 0 Å². The van der Waals surface area contributed by atoms with Gasteiger partial charge in [-0.25, -0.2) is 0 Å². The summed E-state index contributed by atoms with van der Waals surface area (Å²) in [5.41, 5.74) is 1.02. The van der Waals surface area contributed by atoms with Crippen LogP contribution in [0.3, 0.4) is 0 Å². The molecule has 1 aliphatic rings. The standard InChI is InChI=1S/C14H21ClN2O2/c1-9-8-17(10(2)7-16-9)12-5-11(15)13(18-3)6-14(12)19-4/h5-6,9-10,16H,7-8H2,1-4H3. The van der Waals surface area contributed by atoms with Crippen molar-refractivity contribution in [3.05, 3.63) is 17.2 Å². The fraction of sp³-hybridized carbons (Fsp3) is 0.571. The summed E-state index contributed by atoms with van der Waals surface area (Å²) in [5, 5.41) is 4.07. The predicted octanol–water partition coefficient (Wildman–Crippen LogP) is 2.54. The number of nitrogens with one attached hydrogen (secondary N) is 1. The third kappa shape index (κ3) is 2.90. The average molecular weight is 285 g/mol. The maximum atomic E-state index is 6.24. The Hall–Kier alpha value is -1.13. The summed E-state index contributed by atoms with van der Waals surface area (Å²) in [6.07, 6.45) is 0. The number of hydrogen-bond donors (Lipinski definition) is 1. The summed E-state index contributed by atoms with van der Waals surface area (Å²) in [4.78, 5) is 2.32. The van der Waals surface area contributed by atoms with Crippen LogP contribution in [0.2, 0.25) is 5.02 Å². The van der Waals surface area contributed by atoms with Crippen LogP contribution in [-0.2, 0) is 0 Å². The first kappa shape index (κ1) is 14.3. The van der Waals surface area contributed by atoms with Gasteiger partial charge in [0, 0.05) is 31.2 Å². The first-order chi connectivity index (χ1) is 9.06. The van der Waals surface area contributed by atoms with E-state index in [0.29, 0.717) is 22.9 Å². The second-order valence-electron chi connectivity index (χ2n) is 4.97. The van der Waals surface area contributed by atoms with Gasteiger partial charge in [-0.3, -0.25) is 0 Å². The first-order valence-corrected chi connectivity index (χ1v) is 6.86. The van der Waals surface area contributed by atoms with E-state index >= 15 is 0 Å². The van der Waals surface area contributed by atoms with Crippen molar-refractivity contribution in [1.29, 1.82) is 0 Å². The predicted molar refractivity (Wildman–Crippen MR) is 78.8 cm³/mol. The number of halogens is 1. The van der Waals surface area contributed by atoms with Crippen molar-refractivity contribution in [3.63, 3.8) is 0 Å². The number of nitrogens with zero attached hydrogens (tertiary/aromatic N) is 1. The van der Waals surface area contributed by atoms with Crippen molar-refractivity contribution in [2.45, 2.75) is 25.9 Å². The van der Waals surface area contributed by atoms with Crippen molar-refractivity contribution in [2.75, 3.05) is 32.2 Å². The van der Waals surface area contributed by atoms with Gasteiger partial charge in [-0.2, -0.15) is 0 Å². The Morgan fingerprint density at radius 3 is 2.53 bits per heavy atom. The zero-order valence-electron chi connectivity index (χ0n) is 11.9. The van der Waals surface area contributed by atoms with Crippen LogP contribution in [0.25, 0.3) is 0 Å². The SMILES string of the molecule is COc1cc(OC)c(N2CC(C)NCC2C)cc1Cl. The smallest absolute Gasteiger partial charge is 0.145 e. The number of anilines is 1. The van der Waals surface area contributed by atoms with Crippen LogP contribution in [0, 0.1) is 0 Å². The highest BCUT2D eigenvalue weighted by Gasteiger charge is 2.25. The number of ether oxygens (including phenoxy) is 2. The van der Waals surface area contributed by atoms with Crippen molar-refractivity contribution < 1.29 is 9.47 Å². The molecular formula is C14H21ClN2O2. The van der Waals surface area contributed by atoms with Crippen molar-refractivity contribution >= 4 is 17.3 Å². The molecular weight excluding hydrogens is 264 g/mol. The van der Waals surface area contributed by atoms with Crippen LogP contribution in [0.5, 0.6) is 11.5 Å². The molecule has 0 aliphatic carbocycles. The Morgan fingerprint density at radius 2 is 1.89 bits per heavy atom. The molecule has 4 nitrogen and oxygen atoms in total. The molecule has 1 heterocycles. The Kier molecular flexibility index (Phi) is 4.42. The highest BCUT2D eigenvalue weighted by Crippen LogP contribution is 2.39. The van der Waals surface area contributed by atoms with Crippen molar-refractivity contribution in [1.82, 2.24) is 5.32 Å². The molecule has 1 aromatic carbocycles. The number of piperazine rings is 1. The normalized spacial score (nSPS) is 23.3. The molecule has 1 N–H and O–H groups in total. The van der Waals surface area contributed by atoms with Gasteiger partial charge in [0.05, 0.1) is 24.9 Å². The second kappa shape index (κ2) is 5.88. The molecule has 0 amide bonds. The quantitative estimate of drug-likeness (QED) is 0.925. The maximum absolute atomic E-state index is 6.24. The van der Waals surface area contributed by atoms with Crippen LogP contribution >= 0.6 is 11.6 Å². The molecule has 2 atom stereocenters. The molecule has 1 fully saturated rings. The number of methoxy groups -OCH3 is 2. The molecule has 1 aliphatic heterocycles. The summed E-state index contributed by atoms with van der Waals surface area (Å²) in [6.45, 7) is 6.25. The third-order valence-electron chi connectivity index (χ3n) is 3.53. The van der Waals surface area contributed by atoms with Crippen LogP contribution in [-0.4, -0.2) is 39.4 Å². The molecule has 1 saturated heterocycles. The van der Waals surface area contributed by atoms with E-state index in [-0.39, 0.29) is 0 Å². The summed E-state index contributed by atoms with van der Waals surface area (Å²) in [6, 6.07) is 4.61. The fourth-order valence-corrected chi connectivity index (χ4v) is 2.66. The molecule has 0 aromatic heterocycles. The van der Waals surface area contributed by atoms with Crippen LogP contribution < -0.4 is 19.7 Å². The minimum absolute atomic E-state index is 0.398. The number of hydrogen-bond acceptors (Lipinski definition) is 4.